The summed E-state index contributed by atoms with van der Waals surface area (Å²) in [7, 11) is 4.09. The first-order valence-electron chi connectivity index (χ1n) is 14.1. The molecule has 5 rings (SSSR count). The highest BCUT2D eigenvalue weighted by Gasteiger charge is 2.28. The van der Waals surface area contributed by atoms with Crippen LogP contribution in [0.25, 0.3) is 5.69 Å². The number of likely N-dealkylation sites (N-methyl/N-ethyl adjacent to an activating group) is 2. The highest BCUT2D eigenvalue weighted by molar-refractivity contribution is 6.09. The Labute approximate surface area is 236 Å². The molecule has 3 heterocycles. The van der Waals surface area contributed by atoms with Crippen LogP contribution in [0, 0.1) is 0 Å². The fourth-order valence-electron chi connectivity index (χ4n) is 4.97. The van der Waals surface area contributed by atoms with E-state index < -0.39 is 0 Å². The van der Waals surface area contributed by atoms with Crippen LogP contribution in [-0.2, 0) is 19.4 Å². The van der Waals surface area contributed by atoms with E-state index in [2.05, 4.69) is 63.3 Å². The van der Waals surface area contributed by atoms with Crippen LogP contribution >= 0.6 is 0 Å². The topological polar surface area (TPSA) is 83.3 Å². The summed E-state index contributed by atoms with van der Waals surface area (Å²) in [6.07, 6.45) is 8.83. The molecule has 0 radical (unpaired) electrons. The summed E-state index contributed by atoms with van der Waals surface area (Å²) < 4.78 is 1.78. The van der Waals surface area contributed by atoms with Gasteiger partial charge in [-0.1, -0.05) is 61.4 Å². The maximum atomic E-state index is 13.7. The number of fused-ring (bicyclic) bond motifs is 1. The molecule has 0 N–H and O–H groups in total. The van der Waals surface area contributed by atoms with E-state index in [1.54, 1.807) is 15.8 Å². The minimum Gasteiger partial charge on any atom is -0.357 e. The van der Waals surface area contributed by atoms with Gasteiger partial charge in [0.15, 0.2) is 0 Å². The van der Waals surface area contributed by atoms with Crippen LogP contribution in [-0.4, -0.2) is 69.5 Å². The molecule has 9 heteroatoms. The van der Waals surface area contributed by atoms with E-state index in [0.717, 1.165) is 61.5 Å². The number of hydrogen-bond acceptors (Lipinski definition) is 7. The van der Waals surface area contributed by atoms with Gasteiger partial charge in [-0.3, -0.25) is 4.79 Å². The summed E-state index contributed by atoms with van der Waals surface area (Å²) in [6, 6.07) is 18.4. The second-order valence-corrected chi connectivity index (χ2v) is 10.5. The van der Waals surface area contributed by atoms with Crippen LogP contribution < -0.4 is 9.80 Å². The van der Waals surface area contributed by atoms with Gasteiger partial charge in [-0.2, -0.15) is 0 Å². The Bertz CT molecular complexity index is 1420. The van der Waals surface area contributed by atoms with Gasteiger partial charge in [0.1, 0.15) is 17.2 Å². The van der Waals surface area contributed by atoms with Crippen LogP contribution in [0.3, 0.4) is 0 Å². The Hall–Kier alpha value is -4.11. The number of aryl methyl sites for hydroxylation is 1. The zero-order valence-corrected chi connectivity index (χ0v) is 23.7. The van der Waals surface area contributed by atoms with Crippen molar-refractivity contribution in [3.05, 3.63) is 89.6 Å². The van der Waals surface area contributed by atoms with Crippen LogP contribution in [0.2, 0.25) is 0 Å². The zero-order chi connectivity index (χ0) is 27.9. The van der Waals surface area contributed by atoms with Gasteiger partial charge in [-0.25, -0.2) is 14.6 Å². The molecule has 2 aromatic heterocycles. The molecule has 0 saturated carbocycles. The number of amides is 1. The Balaban J connectivity index is 1.28. The first kappa shape index (κ1) is 27.5. The SMILES string of the molecule is CCCCCc1ncc2c(n1)N(C)CCN(c1cccc(-n3cc(CN(C)CCc4ccccc4)nn3)c1)C2=O. The summed E-state index contributed by atoms with van der Waals surface area (Å²) in [5.74, 6) is 1.42. The third kappa shape index (κ3) is 6.54. The van der Waals surface area contributed by atoms with E-state index in [1.807, 2.05) is 43.6 Å². The van der Waals surface area contributed by atoms with Gasteiger partial charge in [0, 0.05) is 51.5 Å². The fraction of sp³-hybridized carbons (Fsp3) is 0.387. The molecule has 0 saturated heterocycles. The minimum atomic E-state index is -0.0871. The van der Waals surface area contributed by atoms with E-state index in [9.17, 15) is 4.79 Å². The molecule has 0 unspecified atom stereocenters. The van der Waals surface area contributed by atoms with Gasteiger partial charge < -0.3 is 14.7 Å². The monoisotopic (exact) mass is 538 g/mol. The highest BCUT2D eigenvalue weighted by Crippen LogP contribution is 2.27. The van der Waals surface area contributed by atoms with Gasteiger partial charge in [0.2, 0.25) is 0 Å². The average Bonchev–Trinajstić information content (AvgIpc) is 3.40. The molecule has 2 aromatic carbocycles. The highest BCUT2D eigenvalue weighted by atomic mass is 16.2. The number of aromatic nitrogens is 5. The lowest BCUT2D eigenvalue weighted by Gasteiger charge is -2.21. The van der Waals surface area contributed by atoms with Crippen LogP contribution in [0.1, 0.15) is 53.6 Å². The van der Waals surface area contributed by atoms with Crippen molar-refractivity contribution in [2.45, 2.75) is 45.6 Å². The molecule has 9 nitrogen and oxygen atoms in total. The third-order valence-electron chi connectivity index (χ3n) is 7.32. The predicted octanol–water partition coefficient (Wildman–Crippen LogP) is 4.56. The Morgan fingerprint density at radius 1 is 0.975 bits per heavy atom. The van der Waals surface area contributed by atoms with E-state index in [1.165, 1.54) is 5.56 Å². The van der Waals surface area contributed by atoms with Crippen molar-refractivity contribution < 1.29 is 4.79 Å². The lowest BCUT2D eigenvalue weighted by Crippen LogP contribution is -2.33. The number of carbonyl (C=O) groups is 1. The van der Waals surface area contributed by atoms with Crippen LogP contribution in [0.5, 0.6) is 0 Å². The van der Waals surface area contributed by atoms with Crippen molar-refractivity contribution in [1.29, 1.82) is 0 Å². The number of unbranched alkanes of at least 4 members (excludes halogenated alkanes) is 2. The molecule has 0 bridgehead atoms. The van der Waals surface area contributed by atoms with E-state index in [4.69, 9.17) is 4.98 Å². The first-order chi connectivity index (χ1) is 19.5. The summed E-state index contributed by atoms with van der Waals surface area (Å²) in [5.41, 5.74) is 4.43. The first-order valence-corrected chi connectivity index (χ1v) is 14.1. The normalized spacial score (nSPS) is 13.6. The van der Waals surface area contributed by atoms with E-state index >= 15 is 0 Å². The fourth-order valence-corrected chi connectivity index (χ4v) is 4.97. The van der Waals surface area contributed by atoms with Gasteiger partial charge in [-0.05, 0) is 43.7 Å². The molecule has 0 fully saturated rings. The number of nitrogens with zero attached hydrogens (tertiary/aromatic N) is 8. The van der Waals surface area contributed by atoms with Gasteiger partial charge >= 0.3 is 0 Å². The van der Waals surface area contributed by atoms with Gasteiger partial charge in [0.05, 0.1) is 17.6 Å². The van der Waals surface area contributed by atoms with Crippen LogP contribution in [0.4, 0.5) is 11.5 Å². The Morgan fingerprint density at radius 3 is 2.62 bits per heavy atom. The predicted molar refractivity (Wildman–Crippen MR) is 158 cm³/mol. The molecule has 1 amide bonds. The molecule has 0 spiro atoms. The Kier molecular flexibility index (Phi) is 8.81. The number of benzene rings is 2. The van der Waals surface area contributed by atoms with Crippen molar-refractivity contribution >= 4 is 17.4 Å². The zero-order valence-electron chi connectivity index (χ0n) is 23.7. The van der Waals surface area contributed by atoms with Crippen molar-refractivity contribution in [3.63, 3.8) is 0 Å². The Morgan fingerprint density at radius 2 is 1.80 bits per heavy atom. The van der Waals surface area contributed by atoms with E-state index in [0.29, 0.717) is 31.0 Å². The van der Waals surface area contributed by atoms with Gasteiger partial charge in [0.25, 0.3) is 5.91 Å². The number of rotatable bonds is 11. The molecule has 4 aromatic rings. The summed E-state index contributed by atoms with van der Waals surface area (Å²) in [5, 5.41) is 8.78. The summed E-state index contributed by atoms with van der Waals surface area (Å²) in [6.45, 7) is 5.05. The lowest BCUT2D eigenvalue weighted by molar-refractivity contribution is 0.0989. The van der Waals surface area contributed by atoms with Crippen LogP contribution in [0.15, 0.2) is 67.0 Å². The molecule has 1 aliphatic heterocycles. The molecular formula is C31H38N8O. The minimum absolute atomic E-state index is 0.0871. The average molecular weight is 539 g/mol. The number of hydrogen-bond donors (Lipinski definition) is 0. The third-order valence-corrected chi connectivity index (χ3v) is 7.32. The lowest BCUT2D eigenvalue weighted by atomic mass is 10.1. The van der Waals surface area contributed by atoms with Gasteiger partial charge in [-0.15, -0.1) is 5.10 Å². The maximum Gasteiger partial charge on any atom is 0.263 e. The molecular weight excluding hydrogens is 500 g/mol. The quantitative estimate of drug-likeness (QED) is 0.259. The largest absolute Gasteiger partial charge is 0.357 e. The van der Waals surface area contributed by atoms with Crippen molar-refractivity contribution in [2.24, 2.45) is 0 Å². The maximum absolute atomic E-state index is 13.7. The molecule has 208 valence electrons. The second-order valence-electron chi connectivity index (χ2n) is 10.5. The molecule has 1 aliphatic rings. The standard InChI is InChI=1S/C31H38N8O/c1-4-5-7-15-29-32-21-28-30(33-29)37(3)18-19-38(31(28)40)26-13-10-14-27(20-26)39-23-25(34-35-39)22-36(2)17-16-24-11-8-6-9-12-24/h6,8-14,20-21,23H,4-5,7,15-19,22H2,1-3H3. The summed E-state index contributed by atoms with van der Waals surface area (Å²) >= 11 is 0. The van der Waals surface area contributed by atoms with E-state index in [-0.39, 0.29) is 5.91 Å². The molecule has 40 heavy (non-hydrogen) atoms. The van der Waals surface area contributed by atoms with Crippen molar-refractivity contribution in [1.82, 2.24) is 29.9 Å². The molecule has 0 atom stereocenters. The van der Waals surface area contributed by atoms with Crippen molar-refractivity contribution in [2.75, 3.05) is 43.5 Å². The number of carbonyl (C=O) groups excluding carboxylic acids is 1. The second kappa shape index (κ2) is 12.8. The summed E-state index contributed by atoms with van der Waals surface area (Å²) in [4.78, 5) is 29.1. The molecule has 0 aliphatic carbocycles. The number of anilines is 2. The smallest absolute Gasteiger partial charge is 0.263 e. The van der Waals surface area contributed by atoms with Crippen molar-refractivity contribution in [3.8, 4) is 5.69 Å².